The lowest BCUT2D eigenvalue weighted by Crippen LogP contribution is -2.33. The Labute approximate surface area is 127 Å². The summed E-state index contributed by atoms with van der Waals surface area (Å²) in [6.07, 6.45) is 2.81. The summed E-state index contributed by atoms with van der Waals surface area (Å²) in [5.41, 5.74) is 0.408. The monoisotopic (exact) mass is 312 g/mol. The second-order valence-corrected chi connectivity index (χ2v) is 7.38. The maximum Gasteiger partial charge on any atom is 0.242 e. The molecule has 0 radical (unpaired) electrons. The fraction of sp³-hybridized carbons (Fsp3) is 0.600. The highest BCUT2D eigenvalue weighted by atomic mass is 32.2. The minimum Gasteiger partial charge on any atom is -0.381 e. The van der Waals surface area contributed by atoms with Crippen molar-refractivity contribution in [1.82, 2.24) is 4.72 Å². The minimum absolute atomic E-state index is 0.215. The smallest absolute Gasteiger partial charge is 0.242 e. The van der Waals surface area contributed by atoms with Gasteiger partial charge in [-0.1, -0.05) is 19.1 Å². The normalized spacial score (nSPS) is 22.4. The van der Waals surface area contributed by atoms with Crippen LogP contribution in [0.3, 0.4) is 0 Å². The summed E-state index contributed by atoms with van der Waals surface area (Å²) < 4.78 is 32.9. The SMILES string of the molecule is CCCNS(=O)(=O)c1ccccc1NCC1(C)CCCO1. The second kappa shape index (κ2) is 6.77. The standard InChI is InChI=1S/C15H24N2O3S/c1-3-10-17-21(18,19)14-8-5-4-7-13(14)16-12-15(2)9-6-11-20-15/h4-5,7-8,16-17H,3,6,9-12H2,1-2H3. The number of benzene rings is 1. The summed E-state index contributed by atoms with van der Waals surface area (Å²) in [4.78, 5) is 0.292. The Balaban J connectivity index is 2.13. The van der Waals surface area contributed by atoms with Crippen molar-refractivity contribution in [3.63, 3.8) is 0 Å². The van der Waals surface area contributed by atoms with Crippen LogP contribution in [0.1, 0.15) is 33.1 Å². The van der Waals surface area contributed by atoms with Gasteiger partial charge in [-0.25, -0.2) is 13.1 Å². The van der Waals surface area contributed by atoms with Crippen LogP contribution in [-0.4, -0.2) is 33.7 Å². The largest absolute Gasteiger partial charge is 0.381 e. The highest BCUT2D eigenvalue weighted by Gasteiger charge is 2.30. The lowest BCUT2D eigenvalue weighted by molar-refractivity contribution is 0.0315. The average Bonchev–Trinajstić information content (AvgIpc) is 2.91. The molecule has 1 fully saturated rings. The van der Waals surface area contributed by atoms with Crippen molar-refractivity contribution in [2.24, 2.45) is 0 Å². The van der Waals surface area contributed by atoms with Gasteiger partial charge in [0.25, 0.3) is 0 Å². The van der Waals surface area contributed by atoms with Gasteiger partial charge < -0.3 is 10.1 Å². The van der Waals surface area contributed by atoms with Crippen LogP contribution >= 0.6 is 0 Å². The molecule has 0 aliphatic carbocycles. The summed E-state index contributed by atoms with van der Waals surface area (Å²) in [5, 5.41) is 3.23. The van der Waals surface area contributed by atoms with Crippen LogP contribution in [0, 0.1) is 0 Å². The maximum atomic E-state index is 12.3. The number of hydrogen-bond donors (Lipinski definition) is 2. The molecule has 1 aliphatic heterocycles. The van der Waals surface area contributed by atoms with E-state index in [2.05, 4.69) is 17.0 Å². The lowest BCUT2D eigenvalue weighted by Gasteiger charge is -2.24. The van der Waals surface area contributed by atoms with E-state index in [1.807, 2.05) is 13.0 Å². The van der Waals surface area contributed by atoms with Gasteiger partial charge in [-0.05, 0) is 38.3 Å². The summed E-state index contributed by atoms with van der Waals surface area (Å²) >= 11 is 0. The van der Waals surface area contributed by atoms with Gasteiger partial charge in [0.1, 0.15) is 4.90 Å². The highest BCUT2D eigenvalue weighted by Crippen LogP contribution is 2.27. The molecular formula is C15H24N2O3S. The van der Waals surface area contributed by atoms with E-state index in [0.717, 1.165) is 25.9 Å². The zero-order chi connectivity index (χ0) is 15.3. The Morgan fingerprint density at radius 3 is 2.76 bits per heavy atom. The van der Waals surface area contributed by atoms with E-state index in [9.17, 15) is 8.42 Å². The molecule has 2 N–H and O–H groups in total. The molecule has 1 atom stereocenters. The molecule has 1 heterocycles. The lowest BCUT2D eigenvalue weighted by atomic mass is 10.0. The third-order valence-electron chi connectivity index (χ3n) is 3.67. The molecule has 1 saturated heterocycles. The summed E-state index contributed by atoms with van der Waals surface area (Å²) in [7, 11) is -3.47. The molecule has 118 valence electrons. The predicted octanol–water partition coefficient (Wildman–Crippen LogP) is 2.36. The highest BCUT2D eigenvalue weighted by molar-refractivity contribution is 7.89. The van der Waals surface area contributed by atoms with Crippen LogP contribution in [0.5, 0.6) is 0 Å². The number of sulfonamides is 1. The fourth-order valence-electron chi connectivity index (χ4n) is 2.42. The maximum absolute atomic E-state index is 12.3. The number of para-hydroxylation sites is 1. The third kappa shape index (κ3) is 4.18. The molecular weight excluding hydrogens is 288 g/mol. The number of nitrogens with one attached hydrogen (secondary N) is 2. The summed E-state index contributed by atoms with van der Waals surface area (Å²) in [6.45, 7) is 5.81. The summed E-state index contributed by atoms with van der Waals surface area (Å²) in [6, 6.07) is 6.98. The molecule has 1 aromatic carbocycles. The van der Waals surface area contributed by atoms with Crippen molar-refractivity contribution < 1.29 is 13.2 Å². The van der Waals surface area contributed by atoms with E-state index >= 15 is 0 Å². The first-order chi connectivity index (χ1) is 9.97. The van der Waals surface area contributed by atoms with Gasteiger partial charge in [-0.15, -0.1) is 0 Å². The van der Waals surface area contributed by atoms with Gasteiger partial charge in [-0.2, -0.15) is 0 Å². The third-order valence-corrected chi connectivity index (χ3v) is 5.19. The molecule has 1 unspecified atom stereocenters. The van der Waals surface area contributed by atoms with E-state index in [1.165, 1.54) is 0 Å². The quantitative estimate of drug-likeness (QED) is 0.811. The Morgan fingerprint density at radius 2 is 2.10 bits per heavy atom. The molecule has 0 saturated carbocycles. The first-order valence-electron chi connectivity index (χ1n) is 7.43. The van der Waals surface area contributed by atoms with E-state index in [4.69, 9.17) is 4.74 Å². The first kappa shape index (κ1) is 16.3. The molecule has 0 bridgehead atoms. The van der Waals surface area contributed by atoms with Crippen LogP contribution in [-0.2, 0) is 14.8 Å². The van der Waals surface area contributed by atoms with E-state index < -0.39 is 10.0 Å². The molecule has 21 heavy (non-hydrogen) atoms. The Bertz CT molecular complexity index is 566. The van der Waals surface area contributed by atoms with Gasteiger partial charge in [0.05, 0.1) is 11.3 Å². The van der Waals surface area contributed by atoms with Crippen LogP contribution < -0.4 is 10.0 Å². The molecule has 0 amide bonds. The van der Waals surface area contributed by atoms with E-state index in [1.54, 1.807) is 18.2 Å². The second-order valence-electron chi connectivity index (χ2n) is 5.65. The van der Waals surface area contributed by atoms with Crippen molar-refractivity contribution >= 4 is 15.7 Å². The van der Waals surface area contributed by atoms with Gasteiger partial charge in [-0.3, -0.25) is 0 Å². The molecule has 1 aliphatic rings. The Morgan fingerprint density at radius 1 is 1.33 bits per heavy atom. The Hall–Kier alpha value is -1.11. The molecule has 5 nitrogen and oxygen atoms in total. The predicted molar refractivity (Wildman–Crippen MR) is 84.0 cm³/mol. The number of ether oxygens (including phenoxy) is 1. The molecule has 1 aromatic rings. The van der Waals surface area contributed by atoms with Crippen LogP contribution in [0.25, 0.3) is 0 Å². The van der Waals surface area contributed by atoms with Gasteiger partial charge in [0.2, 0.25) is 10.0 Å². The van der Waals surface area contributed by atoms with Crippen molar-refractivity contribution in [2.75, 3.05) is 25.0 Å². The van der Waals surface area contributed by atoms with Crippen LogP contribution in [0.15, 0.2) is 29.2 Å². The van der Waals surface area contributed by atoms with Crippen molar-refractivity contribution in [3.05, 3.63) is 24.3 Å². The number of rotatable bonds is 7. The zero-order valence-corrected chi connectivity index (χ0v) is 13.5. The summed E-state index contributed by atoms with van der Waals surface area (Å²) in [5.74, 6) is 0. The van der Waals surface area contributed by atoms with Gasteiger partial charge in [0.15, 0.2) is 0 Å². The molecule has 6 heteroatoms. The van der Waals surface area contributed by atoms with E-state index in [0.29, 0.717) is 23.7 Å². The molecule has 0 aromatic heterocycles. The van der Waals surface area contributed by atoms with Crippen molar-refractivity contribution in [3.8, 4) is 0 Å². The van der Waals surface area contributed by atoms with Crippen molar-refractivity contribution in [2.45, 2.75) is 43.6 Å². The topological polar surface area (TPSA) is 67.4 Å². The zero-order valence-electron chi connectivity index (χ0n) is 12.7. The van der Waals surface area contributed by atoms with Crippen LogP contribution in [0.2, 0.25) is 0 Å². The van der Waals surface area contributed by atoms with Gasteiger partial charge >= 0.3 is 0 Å². The van der Waals surface area contributed by atoms with E-state index in [-0.39, 0.29) is 5.60 Å². The number of anilines is 1. The van der Waals surface area contributed by atoms with Crippen molar-refractivity contribution in [1.29, 1.82) is 0 Å². The van der Waals surface area contributed by atoms with Crippen LogP contribution in [0.4, 0.5) is 5.69 Å². The fourth-order valence-corrected chi connectivity index (χ4v) is 3.74. The molecule has 2 rings (SSSR count). The average molecular weight is 312 g/mol. The number of hydrogen-bond acceptors (Lipinski definition) is 4. The first-order valence-corrected chi connectivity index (χ1v) is 8.92. The molecule has 0 spiro atoms. The minimum atomic E-state index is -3.47. The van der Waals surface area contributed by atoms with Gasteiger partial charge in [0, 0.05) is 19.7 Å². The Kier molecular flexibility index (Phi) is 5.24.